The average molecular weight is 162 g/mol. The van der Waals surface area contributed by atoms with Gasteiger partial charge in [0.25, 0.3) is 0 Å². The standard InChI is InChI=1S/C6H10O5/c7-4-3-1-11-6(9,2-10-3)5(4)8/h3-5,7-9H,1-2H2. The summed E-state index contributed by atoms with van der Waals surface area (Å²) in [6.07, 6.45) is -2.79. The van der Waals surface area contributed by atoms with Gasteiger partial charge in [-0.05, 0) is 0 Å². The topological polar surface area (TPSA) is 79.2 Å². The molecule has 4 unspecified atom stereocenters. The monoisotopic (exact) mass is 162 g/mol. The van der Waals surface area contributed by atoms with Crippen LogP contribution in [0.3, 0.4) is 0 Å². The number of rotatable bonds is 0. The highest BCUT2D eigenvalue weighted by molar-refractivity contribution is 4.96. The van der Waals surface area contributed by atoms with Crippen LogP contribution >= 0.6 is 0 Å². The van der Waals surface area contributed by atoms with Crippen LogP contribution in [-0.4, -0.2) is 52.6 Å². The normalized spacial score (nSPS) is 56.5. The van der Waals surface area contributed by atoms with Crippen molar-refractivity contribution in [3.05, 3.63) is 0 Å². The summed E-state index contributed by atoms with van der Waals surface area (Å²) in [4.78, 5) is 0. The van der Waals surface area contributed by atoms with E-state index < -0.39 is 24.1 Å². The minimum absolute atomic E-state index is 0.0735. The van der Waals surface area contributed by atoms with E-state index in [-0.39, 0.29) is 13.2 Å². The zero-order chi connectivity index (χ0) is 8.06. The van der Waals surface area contributed by atoms with Crippen molar-refractivity contribution in [2.24, 2.45) is 0 Å². The second-order valence-corrected chi connectivity index (χ2v) is 2.94. The third-order valence-corrected chi connectivity index (χ3v) is 2.17. The Balaban J connectivity index is 2.23. The predicted molar refractivity (Wildman–Crippen MR) is 32.7 cm³/mol. The van der Waals surface area contributed by atoms with Crippen molar-refractivity contribution < 1.29 is 24.8 Å². The van der Waals surface area contributed by atoms with Crippen LogP contribution in [0.15, 0.2) is 0 Å². The molecule has 2 bridgehead atoms. The molecule has 0 radical (unpaired) electrons. The molecule has 5 heteroatoms. The van der Waals surface area contributed by atoms with Crippen molar-refractivity contribution in [1.29, 1.82) is 0 Å². The molecule has 3 aliphatic rings. The second-order valence-electron chi connectivity index (χ2n) is 2.94. The molecule has 0 aromatic heterocycles. The van der Waals surface area contributed by atoms with Crippen molar-refractivity contribution in [2.45, 2.75) is 24.1 Å². The van der Waals surface area contributed by atoms with Gasteiger partial charge in [-0.1, -0.05) is 0 Å². The van der Waals surface area contributed by atoms with Crippen LogP contribution in [0.5, 0.6) is 0 Å². The second kappa shape index (κ2) is 2.15. The van der Waals surface area contributed by atoms with Crippen LogP contribution < -0.4 is 0 Å². The van der Waals surface area contributed by atoms with E-state index in [1.54, 1.807) is 0 Å². The van der Waals surface area contributed by atoms with E-state index >= 15 is 0 Å². The van der Waals surface area contributed by atoms with E-state index in [9.17, 15) is 15.3 Å². The van der Waals surface area contributed by atoms with E-state index in [4.69, 9.17) is 9.47 Å². The summed E-state index contributed by atoms with van der Waals surface area (Å²) in [5.41, 5.74) is 0. The highest BCUT2D eigenvalue weighted by atomic mass is 16.7. The lowest BCUT2D eigenvalue weighted by atomic mass is 9.94. The van der Waals surface area contributed by atoms with Gasteiger partial charge in [0.1, 0.15) is 24.9 Å². The number of aliphatic hydroxyl groups excluding tert-OH is 2. The fourth-order valence-electron chi connectivity index (χ4n) is 1.38. The molecule has 64 valence electrons. The molecule has 3 rings (SSSR count). The molecule has 3 N–H and O–H groups in total. The van der Waals surface area contributed by atoms with Crippen molar-refractivity contribution in [2.75, 3.05) is 13.2 Å². The SMILES string of the molecule is OC1C2COC(O)(CO2)C1O. The van der Waals surface area contributed by atoms with Crippen molar-refractivity contribution in [3.63, 3.8) is 0 Å². The smallest absolute Gasteiger partial charge is 0.219 e. The number of hydrogen-bond donors (Lipinski definition) is 3. The van der Waals surface area contributed by atoms with Gasteiger partial charge < -0.3 is 24.8 Å². The van der Waals surface area contributed by atoms with E-state index in [2.05, 4.69) is 0 Å². The Labute approximate surface area is 63.2 Å². The number of hydrogen-bond acceptors (Lipinski definition) is 5. The van der Waals surface area contributed by atoms with E-state index in [0.717, 1.165) is 0 Å². The summed E-state index contributed by atoms with van der Waals surface area (Å²) < 4.78 is 9.85. The molecular weight excluding hydrogens is 152 g/mol. The van der Waals surface area contributed by atoms with Crippen LogP contribution in [0, 0.1) is 0 Å². The van der Waals surface area contributed by atoms with Gasteiger partial charge >= 0.3 is 0 Å². The van der Waals surface area contributed by atoms with Gasteiger partial charge in [-0.25, -0.2) is 0 Å². The number of ether oxygens (including phenoxy) is 2. The minimum Gasteiger partial charge on any atom is -0.387 e. The Morgan fingerprint density at radius 1 is 1.36 bits per heavy atom. The molecule has 0 saturated carbocycles. The van der Waals surface area contributed by atoms with Crippen LogP contribution in [0.2, 0.25) is 0 Å². The molecule has 0 aromatic rings. The summed E-state index contributed by atoms with van der Waals surface area (Å²) >= 11 is 0. The third kappa shape index (κ3) is 0.896. The molecule has 0 aromatic carbocycles. The highest BCUT2D eigenvalue weighted by Crippen LogP contribution is 2.31. The maximum Gasteiger partial charge on any atom is 0.219 e. The van der Waals surface area contributed by atoms with Gasteiger partial charge in [0, 0.05) is 0 Å². The molecule has 5 nitrogen and oxygen atoms in total. The van der Waals surface area contributed by atoms with Crippen molar-refractivity contribution >= 4 is 0 Å². The Kier molecular flexibility index (Phi) is 1.45. The molecule has 3 aliphatic heterocycles. The molecule has 0 amide bonds. The Morgan fingerprint density at radius 2 is 2.09 bits per heavy atom. The highest BCUT2D eigenvalue weighted by Gasteiger charge is 2.54. The summed E-state index contributed by atoms with van der Waals surface area (Å²) in [5.74, 6) is -1.70. The van der Waals surface area contributed by atoms with Gasteiger partial charge in [-0.3, -0.25) is 0 Å². The maximum absolute atomic E-state index is 9.40. The van der Waals surface area contributed by atoms with E-state index in [0.29, 0.717) is 0 Å². The lowest BCUT2D eigenvalue weighted by Crippen LogP contribution is -2.68. The van der Waals surface area contributed by atoms with Crippen LogP contribution in [0.4, 0.5) is 0 Å². The molecule has 3 heterocycles. The van der Waals surface area contributed by atoms with Crippen LogP contribution in [0.25, 0.3) is 0 Å². The van der Waals surface area contributed by atoms with Gasteiger partial charge in [0.15, 0.2) is 0 Å². The first-order chi connectivity index (χ1) is 5.13. The first kappa shape index (κ1) is 7.45. The summed E-state index contributed by atoms with van der Waals surface area (Å²) in [6, 6.07) is 0. The Morgan fingerprint density at radius 3 is 2.45 bits per heavy atom. The third-order valence-electron chi connectivity index (χ3n) is 2.17. The van der Waals surface area contributed by atoms with Crippen LogP contribution in [0.1, 0.15) is 0 Å². The van der Waals surface area contributed by atoms with Gasteiger partial charge in [-0.2, -0.15) is 0 Å². The lowest BCUT2D eigenvalue weighted by Gasteiger charge is -2.48. The van der Waals surface area contributed by atoms with Crippen molar-refractivity contribution in [3.8, 4) is 0 Å². The summed E-state index contributed by atoms with van der Waals surface area (Å²) in [5, 5.41) is 27.8. The molecule has 11 heavy (non-hydrogen) atoms. The molecule has 0 aliphatic carbocycles. The molecule has 0 spiro atoms. The number of fused-ring (bicyclic) bond motifs is 3. The number of aliphatic hydroxyl groups is 3. The Bertz CT molecular complexity index is 162. The largest absolute Gasteiger partial charge is 0.387 e. The fraction of sp³-hybridized carbons (Fsp3) is 1.00. The summed E-state index contributed by atoms with van der Waals surface area (Å²) in [7, 11) is 0. The van der Waals surface area contributed by atoms with E-state index in [1.165, 1.54) is 0 Å². The minimum atomic E-state index is -1.70. The quantitative estimate of drug-likeness (QED) is 0.377. The lowest BCUT2D eigenvalue weighted by molar-refractivity contribution is -0.385. The fourth-order valence-corrected chi connectivity index (χ4v) is 1.38. The predicted octanol–water partition coefficient (Wildman–Crippen LogP) is -2.17. The molecule has 3 saturated heterocycles. The summed E-state index contributed by atoms with van der Waals surface area (Å²) in [6.45, 7) is 0.0601. The zero-order valence-electron chi connectivity index (χ0n) is 5.80. The first-order valence-corrected chi connectivity index (χ1v) is 3.47. The van der Waals surface area contributed by atoms with Crippen molar-refractivity contribution in [1.82, 2.24) is 0 Å². The van der Waals surface area contributed by atoms with Gasteiger partial charge in [0.05, 0.1) is 6.61 Å². The Hall–Kier alpha value is -0.200. The van der Waals surface area contributed by atoms with E-state index in [1.807, 2.05) is 0 Å². The zero-order valence-corrected chi connectivity index (χ0v) is 5.80. The maximum atomic E-state index is 9.40. The van der Waals surface area contributed by atoms with Gasteiger partial charge in [0.2, 0.25) is 5.79 Å². The average Bonchev–Trinajstić information content (AvgIpc) is 2.01. The van der Waals surface area contributed by atoms with Crippen LogP contribution in [-0.2, 0) is 9.47 Å². The molecule has 4 atom stereocenters. The molecule has 3 fully saturated rings. The first-order valence-electron chi connectivity index (χ1n) is 3.47. The van der Waals surface area contributed by atoms with Gasteiger partial charge in [-0.15, -0.1) is 0 Å². The molecular formula is C6H10O5.